The van der Waals surface area contributed by atoms with Gasteiger partial charge in [0.15, 0.2) is 0 Å². The van der Waals surface area contributed by atoms with Crippen LogP contribution in [0.15, 0.2) is 30.3 Å². The van der Waals surface area contributed by atoms with Gasteiger partial charge >= 0.3 is 0 Å². The van der Waals surface area contributed by atoms with Gasteiger partial charge in [-0.3, -0.25) is 4.79 Å². The Morgan fingerprint density at radius 3 is 2.75 bits per heavy atom. The molecule has 1 heterocycles. The highest BCUT2D eigenvalue weighted by molar-refractivity contribution is 7.80. The number of rotatable bonds is 6. The minimum Gasteiger partial charge on any atom is -0.393 e. The van der Waals surface area contributed by atoms with Crippen molar-refractivity contribution in [1.29, 1.82) is 0 Å². The van der Waals surface area contributed by atoms with Crippen molar-refractivity contribution in [3.05, 3.63) is 30.3 Å². The fourth-order valence-corrected chi connectivity index (χ4v) is 2.43. The molecule has 5 heteroatoms. The lowest BCUT2D eigenvalue weighted by molar-refractivity contribution is -0.120. The monoisotopic (exact) mass is 292 g/mol. The molecule has 1 aliphatic heterocycles. The van der Waals surface area contributed by atoms with Gasteiger partial charge in [0, 0.05) is 25.3 Å². The number of thiocarbonyl (C=S) groups is 1. The van der Waals surface area contributed by atoms with Crippen molar-refractivity contribution in [2.24, 2.45) is 5.73 Å². The summed E-state index contributed by atoms with van der Waals surface area (Å²) in [5.74, 6) is 0.0688. The average molecular weight is 292 g/mol. The van der Waals surface area contributed by atoms with Crippen molar-refractivity contribution < 1.29 is 9.53 Å². The Morgan fingerprint density at radius 1 is 1.40 bits per heavy atom. The maximum Gasteiger partial charge on any atom is 0.229 e. The molecule has 108 valence electrons. The third-order valence-electron chi connectivity index (χ3n) is 3.38. The van der Waals surface area contributed by atoms with Crippen LogP contribution in [0, 0.1) is 0 Å². The fraction of sp³-hybridized carbons (Fsp3) is 0.467. The second-order valence-electron chi connectivity index (χ2n) is 4.94. The molecule has 1 fully saturated rings. The van der Waals surface area contributed by atoms with Crippen LogP contribution in [-0.2, 0) is 9.53 Å². The minimum atomic E-state index is 0.0542. The van der Waals surface area contributed by atoms with E-state index < -0.39 is 0 Å². The van der Waals surface area contributed by atoms with Crippen molar-refractivity contribution >= 4 is 28.8 Å². The molecule has 0 spiro atoms. The first-order chi connectivity index (χ1) is 9.66. The number of amides is 1. The van der Waals surface area contributed by atoms with E-state index in [0.29, 0.717) is 24.4 Å². The van der Waals surface area contributed by atoms with Crippen molar-refractivity contribution in [2.75, 3.05) is 18.1 Å². The lowest BCUT2D eigenvalue weighted by Gasteiger charge is -2.24. The standard InChI is InChI=1S/C15H20N2O2S/c16-14(20)8-9-17(12-5-2-1-3-6-12)15(18)11-13-7-4-10-19-13/h1-3,5-6,13H,4,7-11H2,(H2,16,20). The van der Waals surface area contributed by atoms with Gasteiger partial charge in [-0.15, -0.1) is 0 Å². The SMILES string of the molecule is NC(=S)CCN(C(=O)CC1CCCO1)c1ccccc1. The summed E-state index contributed by atoms with van der Waals surface area (Å²) in [6.07, 6.45) is 3.01. The quantitative estimate of drug-likeness (QED) is 0.817. The molecule has 20 heavy (non-hydrogen) atoms. The first-order valence-electron chi connectivity index (χ1n) is 6.92. The number of carbonyl (C=O) groups is 1. The summed E-state index contributed by atoms with van der Waals surface area (Å²) in [5.41, 5.74) is 6.43. The van der Waals surface area contributed by atoms with Crippen LogP contribution in [0.5, 0.6) is 0 Å². The van der Waals surface area contributed by atoms with Crippen LogP contribution in [0.2, 0.25) is 0 Å². The Balaban J connectivity index is 2.04. The molecule has 1 amide bonds. The van der Waals surface area contributed by atoms with E-state index in [9.17, 15) is 4.79 Å². The summed E-state index contributed by atoms with van der Waals surface area (Å²) < 4.78 is 5.54. The Morgan fingerprint density at radius 2 is 2.15 bits per heavy atom. The van der Waals surface area contributed by atoms with Gasteiger partial charge in [0.2, 0.25) is 5.91 Å². The van der Waals surface area contributed by atoms with Crippen LogP contribution >= 0.6 is 12.2 Å². The maximum absolute atomic E-state index is 12.5. The van der Waals surface area contributed by atoms with Gasteiger partial charge in [0.05, 0.1) is 17.5 Å². The molecule has 0 radical (unpaired) electrons. The molecule has 1 aromatic rings. The normalized spacial score (nSPS) is 17.9. The molecule has 2 N–H and O–H groups in total. The number of hydrogen-bond donors (Lipinski definition) is 1. The number of benzene rings is 1. The van der Waals surface area contributed by atoms with Crippen LogP contribution < -0.4 is 10.6 Å². The Hall–Kier alpha value is -1.46. The number of hydrogen-bond acceptors (Lipinski definition) is 3. The van der Waals surface area contributed by atoms with Gasteiger partial charge in [-0.2, -0.15) is 0 Å². The van der Waals surface area contributed by atoms with E-state index in [2.05, 4.69) is 0 Å². The van der Waals surface area contributed by atoms with Crippen LogP contribution in [0.1, 0.15) is 25.7 Å². The highest BCUT2D eigenvalue weighted by Crippen LogP contribution is 2.20. The number of para-hydroxylation sites is 1. The topological polar surface area (TPSA) is 55.6 Å². The predicted molar refractivity (Wildman–Crippen MR) is 83.8 cm³/mol. The maximum atomic E-state index is 12.5. The Labute approximate surface area is 124 Å². The van der Waals surface area contributed by atoms with Crippen LogP contribution in [-0.4, -0.2) is 30.2 Å². The van der Waals surface area contributed by atoms with E-state index in [1.807, 2.05) is 30.3 Å². The highest BCUT2D eigenvalue weighted by atomic mass is 32.1. The molecule has 1 unspecified atom stereocenters. The number of carbonyl (C=O) groups excluding carboxylic acids is 1. The van der Waals surface area contributed by atoms with Crippen LogP contribution in [0.4, 0.5) is 5.69 Å². The fourth-order valence-electron chi connectivity index (χ4n) is 2.34. The van der Waals surface area contributed by atoms with Gasteiger partial charge in [0.25, 0.3) is 0 Å². The van der Waals surface area contributed by atoms with E-state index in [0.717, 1.165) is 25.1 Å². The van der Waals surface area contributed by atoms with Crippen molar-refractivity contribution in [3.8, 4) is 0 Å². The Kier molecular flexibility index (Phi) is 5.49. The van der Waals surface area contributed by atoms with Gasteiger partial charge in [-0.05, 0) is 25.0 Å². The molecule has 1 saturated heterocycles. The van der Waals surface area contributed by atoms with Gasteiger partial charge in [-0.1, -0.05) is 30.4 Å². The summed E-state index contributed by atoms with van der Waals surface area (Å²) in [6, 6.07) is 9.62. The number of nitrogens with zero attached hydrogens (tertiary/aromatic N) is 1. The van der Waals surface area contributed by atoms with Gasteiger partial charge < -0.3 is 15.4 Å². The summed E-state index contributed by atoms with van der Waals surface area (Å²) in [5, 5.41) is 0. The minimum absolute atomic E-state index is 0.0542. The molecule has 0 aromatic heterocycles. The van der Waals surface area contributed by atoms with Gasteiger partial charge in [-0.25, -0.2) is 0 Å². The summed E-state index contributed by atoms with van der Waals surface area (Å²) in [4.78, 5) is 14.7. The first kappa shape index (κ1) is 14.9. The largest absolute Gasteiger partial charge is 0.393 e. The summed E-state index contributed by atoms with van der Waals surface area (Å²) in [7, 11) is 0. The number of nitrogens with two attached hydrogens (primary N) is 1. The smallest absolute Gasteiger partial charge is 0.229 e. The molecule has 0 aliphatic carbocycles. The molecule has 0 bridgehead atoms. The average Bonchev–Trinajstić information content (AvgIpc) is 2.92. The second-order valence-corrected chi connectivity index (χ2v) is 5.46. The van der Waals surface area contributed by atoms with Crippen LogP contribution in [0.25, 0.3) is 0 Å². The second kappa shape index (κ2) is 7.36. The van der Waals surface area contributed by atoms with Gasteiger partial charge in [0.1, 0.15) is 0 Å². The third-order valence-corrected chi connectivity index (χ3v) is 3.58. The van der Waals surface area contributed by atoms with E-state index in [1.165, 1.54) is 0 Å². The molecular formula is C15H20N2O2S. The third kappa shape index (κ3) is 4.28. The van der Waals surface area contributed by atoms with E-state index >= 15 is 0 Å². The van der Waals surface area contributed by atoms with Crippen LogP contribution in [0.3, 0.4) is 0 Å². The zero-order valence-electron chi connectivity index (χ0n) is 11.5. The summed E-state index contributed by atoms with van der Waals surface area (Å²) >= 11 is 4.91. The van der Waals surface area contributed by atoms with E-state index in [1.54, 1.807) is 4.90 Å². The zero-order chi connectivity index (χ0) is 14.4. The van der Waals surface area contributed by atoms with E-state index in [4.69, 9.17) is 22.7 Å². The van der Waals surface area contributed by atoms with E-state index in [-0.39, 0.29) is 12.0 Å². The lowest BCUT2D eigenvalue weighted by Crippen LogP contribution is -2.35. The Bertz CT molecular complexity index is 458. The van der Waals surface area contributed by atoms with Crippen molar-refractivity contribution in [1.82, 2.24) is 0 Å². The van der Waals surface area contributed by atoms with Crippen molar-refractivity contribution in [2.45, 2.75) is 31.8 Å². The number of ether oxygens (including phenoxy) is 1. The first-order valence-corrected chi connectivity index (χ1v) is 7.33. The molecule has 1 aromatic carbocycles. The lowest BCUT2D eigenvalue weighted by atomic mass is 10.1. The zero-order valence-corrected chi connectivity index (χ0v) is 12.3. The summed E-state index contributed by atoms with van der Waals surface area (Å²) in [6.45, 7) is 1.28. The highest BCUT2D eigenvalue weighted by Gasteiger charge is 2.23. The predicted octanol–water partition coefficient (Wildman–Crippen LogP) is 2.26. The molecule has 0 saturated carbocycles. The molecule has 1 aliphatic rings. The number of anilines is 1. The molecular weight excluding hydrogens is 272 g/mol. The molecule has 4 nitrogen and oxygen atoms in total. The molecule has 1 atom stereocenters. The molecule has 2 rings (SSSR count). The van der Waals surface area contributed by atoms with Crippen molar-refractivity contribution in [3.63, 3.8) is 0 Å².